The molecule has 1 rings (SSSR count). The van der Waals surface area contributed by atoms with Crippen LogP contribution in [0.3, 0.4) is 0 Å². The molecule has 0 aliphatic heterocycles. The molecule has 0 unspecified atom stereocenters. The molecule has 0 amide bonds. The van der Waals surface area contributed by atoms with Gasteiger partial charge in [0.05, 0.1) is 5.69 Å². The maximum atomic E-state index is 11.9. The van der Waals surface area contributed by atoms with Crippen molar-refractivity contribution in [3.63, 3.8) is 0 Å². The lowest BCUT2D eigenvalue weighted by molar-refractivity contribution is -0.0493. The van der Waals surface area contributed by atoms with E-state index in [2.05, 4.69) is 4.74 Å². The first kappa shape index (κ1) is 12.2. The Bertz CT molecular complexity index is 396. The van der Waals surface area contributed by atoms with Crippen molar-refractivity contribution in [3.8, 4) is 5.75 Å². The minimum Gasteiger partial charge on any atom is -0.433 e. The number of ketones is 1. The number of benzene rings is 1. The highest BCUT2D eigenvalue weighted by molar-refractivity contribution is 14.1. The zero-order chi connectivity index (χ0) is 11.6. The van der Waals surface area contributed by atoms with Crippen LogP contribution in [0.25, 0.3) is 0 Å². The summed E-state index contributed by atoms with van der Waals surface area (Å²) in [7, 11) is 0. The molecule has 0 saturated heterocycles. The topological polar surface area (TPSA) is 52.3 Å². The Kier molecular flexibility index (Phi) is 3.83. The molecule has 1 aromatic carbocycles. The standard InChI is InChI=1S/C9H8F2INO2/c1-4(14)5-2-7(13)8(3-6(5)12)15-9(10)11/h2-3,9H,13H2,1H3. The van der Waals surface area contributed by atoms with Gasteiger partial charge in [0.1, 0.15) is 5.75 Å². The fourth-order valence-electron chi connectivity index (χ4n) is 1.04. The Hall–Kier alpha value is -0.920. The van der Waals surface area contributed by atoms with Gasteiger partial charge < -0.3 is 10.5 Å². The number of hydrogen-bond acceptors (Lipinski definition) is 3. The maximum absolute atomic E-state index is 11.9. The monoisotopic (exact) mass is 327 g/mol. The molecule has 0 heterocycles. The number of ether oxygens (including phenoxy) is 1. The quantitative estimate of drug-likeness (QED) is 0.528. The van der Waals surface area contributed by atoms with Gasteiger partial charge in [0, 0.05) is 9.13 Å². The zero-order valence-electron chi connectivity index (χ0n) is 7.76. The highest BCUT2D eigenvalue weighted by Crippen LogP contribution is 2.28. The molecule has 82 valence electrons. The summed E-state index contributed by atoms with van der Waals surface area (Å²) in [5, 5.41) is 0. The third-order valence-corrected chi connectivity index (χ3v) is 2.59. The van der Waals surface area contributed by atoms with Crippen LogP contribution in [-0.2, 0) is 0 Å². The van der Waals surface area contributed by atoms with Gasteiger partial charge in [-0.1, -0.05) is 0 Å². The fraction of sp³-hybridized carbons (Fsp3) is 0.222. The number of Topliss-reactive ketones (excluding diaryl/α,β-unsaturated/α-hetero) is 1. The van der Waals surface area contributed by atoms with Crippen molar-refractivity contribution in [1.29, 1.82) is 0 Å². The first-order valence-electron chi connectivity index (χ1n) is 3.96. The van der Waals surface area contributed by atoms with Crippen molar-refractivity contribution in [2.24, 2.45) is 0 Å². The summed E-state index contributed by atoms with van der Waals surface area (Å²) in [4.78, 5) is 11.1. The SMILES string of the molecule is CC(=O)c1cc(N)c(OC(F)F)cc1I. The molecule has 0 radical (unpaired) electrons. The van der Waals surface area contributed by atoms with Crippen LogP contribution < -0.4 is 10.5 Å². The van der Waals surface area contributed by atoms with Gasteiger partial charge in [0.15, 0.2) is 5.78 Å². The Morgan fingerprint density at radius 2 is 2.13 bits per heavy atom. The average molecular weight is 327 g/mol. The van der Waals surface area contributed by atoms with Gasteiger partial charge in [-0.3, -0.25) is 4.79 Å². The van der Waals surface area contributed by atoms with Crippen LogP contribution in [0.15, 0.2) is 12.1 Å². The number of alkyl halides is 2. The van der Waals surface area contributed by atoms with Crippen LogP contribution in [0.2, 0.25) is 0 Å². The highest BCUT2D eigenvalue weighted by Gasteiger charge is 2.13. The second-order valence-electron chi connectivity index (χ2n) is 2.80. The summed E-state index contributed by atoms with van der Waals surface area (Å²) in [5.74, 6) is -0.283. The first-order chi connectivity index (χ1) is 6.91. The summed E-state index contributed by atoms with van der Waals surface area (Å²) in [5.41, 5.74) is 5.89. The Morgan fingerprint density at radius 3 is 2.60 bits per heavy atom. The summed E-state index contributed by atoms with van der Waals surface area (Å²) < 4.78 is 28.6. The molecule has 1 aromatic rings. The molecule has 15 heavy (non-hydrogen) atoms. The lowest BCUT2D eigenvalue weighted by Gasteiger charge is -2.10. The summed E-state index contributed by atoms with van der Waals surface area (Å²) >= 11 is 1.86. The van der Waals surface area contributed by atoms with Crippen molar-refractivity contribution in [2.75, 3.05) is 5.73 Å². The summed E-state index contributed by atoms with van der Waals surface area (Å²) in [6.45, 7) is -1.55. The smallest absolute Gasteiger partial charge is 0.387 e. The van der Waals surface area contributed by atoms with E-state index in [1.807, 2.05) is 22.6 Å². The van der Waals surface area contributed by atoms with Crippen LogP contribution in [0.5, 0.6) is 5.75 Å². The number of rotatable bonds is 3. The second-order valence-corrected chi connectivity index (χ2v) is 3.97. The molecule has 0 atom stereocenters. The van der Waals surface area contributed by atoms with Gasteiger partial charge in [-0.2, -0.15) is 8.78 Å². The number of halogens is 3. The molecule has 0 aromatic heterocycles. The van der Waals surface area contributed by atoms with Crippen LogP contribution in [0.4, 0.5) is 14.5 Å². The highest BCUT2D eigenvalue weighted by atomic mass is 127. The maximum Gasteiger partial charge on any atom is 0.387 e. The predicted molar refractivity (Wildman–Crippen MR) is 60.2 cm³/mol. The van der Waals surface area contributed by atoms with Crippen molar-refractivity contribution in [3.05, 3.63) is 21.3 Å². The summed E-state index contributed by atoms with van der Waals surface area (Å²) in [6.07, 6.45) is 0. The predicted octanol–water partition coefficient (Wildman–Crippen LogP) is 2.68. The van der Waals surface area contributed by atoms with Crippen molar-refractivity contribution in [1.82, 2.24) is 0 Å². The van der Waals surface area contributed by atoms with Crippen LogP contribution in [-0.4, -0.2) is 12.4 Å². The zero-order valence-corrected chi connectivity index (χ0v) is 9.92. The van der Waals surface area contributed by atoms with Gasteiger partial charge in [-0.25, -0.2) is 0 Å². The molecule has 0 bridgehead atoms. The second kappa shape index (κ2) is 4.73. The molecule has 2 N–H and O–H groups in total. The Labute approximate surface area is 98.7 Å². The summed E-state index contributed by atoms with van der Waals surface area (Å²) in [6, 6.07) is 2.65. The van der Waals surface area contributed by atoms with E-state index in [4.69, 9.17) is 5.73 Å². The molecule has 0 fully saturated rings. The number of anilines is 1. The molecular formula is C9H8F2INO2. The van der Waals surface area contributed by atoms with E-state index in [1.165, 1.54) is 19.1 Å². The van der Waals surface area contributed by atoms with Crippen LogP contribution >= 0.6 is 22.6 Å². The number of nitrogen functional groups attached to an aromatic ring is 1. The third kappa shape index (κ3) is 3.01. The lowest BCUT2D eigenvalue weighted by Crippen LogP contribution is -2.06. The van der Waals surface area contributed by atoms with E-state index in [0.29, 0.717) is 9.13 Å². The number of carbonyl (C=O) groups excluding carboxylic acids is 1. The normalized spacial score (nSPS) is 10.5. The van der Waals surface area contributed by atoms with Gasteiger partial charge in [-0.05, 0) is 41.6 Å². The van der Waals surface area contributed by atoms with E-state index >= 15 is 0 Å². The van der Waals surface area contributed by atoms with Gasteiger partial charge in [0.2, 0.25) is 0 Å². The first-order valence-corrected chi connectivity index (χ1v) is 5.04. The van der Waals surface area contributed by atoms with Gasteiger partial charge in [0.25, 0.3) is 0 Å². The largest absolute Gasteiger partial charge is 0.433 e. The van der Waals surface area contributed by atoms with E-state index in [-0.39, 0.29) is 17.2 Å². The fourth-order valence-corrected chi connectivity index (χ4v) is 1.86. The number of hydrogen-bond donors (Lipinski definition) is 1. The minimum atomic E-state index is -2.92. The molecule has 0 aliphatic carbocycles. The molecule has 6 heteroatoms. The molecular weight excluding hydrogens is 319 g/mol. The van der Waals surface area contributed by atoms with Crippen molar-refractivity contribution < 1.29 is 18.3 Å². The molecule has 0 spiro atoms. The van der Waals surface area contributed by atoms with E-state index in [0.717, 1.165) is 0 Å². The number of carbonyl (C=O) groups is 1. The van der Waals surface area contributed by atoms with Gasteiger partial charge in [-0.15, -0.1) is 0 Å². The molecule has 0 aliphatic rings. The van der Waals surface area contributed by atoms with Crippen LogP contribution in [0.1, 0.15) is 17.3 Å². The van der Waals surface area contributed by atoms with E-state index < -0.39 is 6.61 Å². The average Bonchev–Trinajstić information content (AvgIpc) is 2.09. The lowest BCUT2D eigenvalue weighted by atomic mass is 10.1. The van der Waals surface area contributed by atoms with E-state index in [9.17, 15) is 13.6 Å². The van der Waals surface area contributed by atoms with Crippen molar-refractivity contribution >= 4 is 34.1 Å². The minimum absolute atomic E-state index is 0.0286. The third-order valence-electron chi connectivity index (χ3n) is 1.69. The molecule has 0 saturated carbocycles. The van der Waals surface area contributed by atoms with Gasteiger partial charge >= 0.3 is 6.61 Å². The van der Waals surface area contributed by atoms with Crippen LogP contribution in [0, 0.1) is 3.57 Å². The number of nitrogens with two attached hydrogens (primary N) is 1. The van der Waals surface area contributed by atoms with Crippen molar-refractivity contribution in [2.45, 2.75) is 13.5 Å². The Morgan fingerprint density at radius 1 is 1.53 bits per heavy atom. The van der Waals surface area contributed by atoms with E-state index in [1.54, 1.807) is 0 Å². The molecule has 3 nitrogen and oxygen atoms in total. The Balaban J connectivity index is 3.13.